The number of amides is 2. The van der Waals surface area contributed by atoms with Gasteiger partial charge in [0.2, 0.25) is 11.8 Å². The van der Waals surface area contributed by atoms with Crippen LogP contribution in [0, 0.1) is 0 Å². The highest BCUT2D eigenvalue weighted by atomic mass is 16.8. The molecule has 0 aromatic rings. The molecule has 0 spiro atoms. The van der Waals surface area contributed by atoms with Crippen LogP contribution >= 0.6 is 0 Å². The van der Waals surface area contributed by atoms with Gasteiger partial charge in [-0.25, -0.2) is 0 Å². The van der Waals surface area contributed by atoms with Gasteiger partial charge in [-0.1, -0.05) is 193 Å². The molecule has 0 aromatic carbocycles. The van der Waals surface area contributed by atoms with Crippen LogP contribution in [0.2, 0.25) is 0 Å². The lowest BCUT2D eigenvalue weighted by Gasteiger charge is -2.48. The lowest BCUT2D eigenvalue weighted by atomic mass is 9.95. The molecule has 3 saturated heterocycles. The molecule has 12 N–H and O–H groups in total. The topological polar surface area (TPSA) is 316 Å². The van der Waals surface area contributed by atoms with E-state index in [0.29, 0.717) is 6.42 Å². The summed E-state index contributed by atoms with van der Waals surface area (Å²) in [5, 5.41) is 113. The lowest BCUT2D eigenvalue weighted by Crippen LogP contribution is -2.68. The maximum atomic E-state index is 13.3. The van der Waals surface area contributed by atoms with Gasteiger partial charge in [0, 0.05) is 13.3 Å². The lowest BCUT2D eigenvalue weighted by molar-refractivity contribution is -0.374. The predicted molar refractivity (Wildman–Crippen MR) is 294 cm³/mol. The van der Waals surface area contributed by atoms with E-state index < -0.39 is 130 Å². The Hall–Kier alpha value is -1.96. The molecule has 458 valence electrons. The second kappa shape index (κ2) is 41.9. The summed E-state index contributed by atoms with van der Waals surface area (Å²) >= 11 is 0. The Morgan fingerprint density at radius 1 is 0.500 bits per heavy atom. The Morgan fingerprint density at radius 3 is 1.35 bits per heavy atom. The highest BCUT2D eigenvalue weighted by Gasteiger charge is 2.54. The van der Waals surface area contributed by atoms with Crippen molar-refractivity contribution in [3.63, 3.8) is 0 Å². The van der Waals surface area contributed by atoms with Crippen molar-refractivity contribution < 1.29 is 89.1 Å². The zero-order valence-corrected chi connectivity index (χ0v) is 47.7. The fourth-order valence-corrected chi connectivity index (χ4v) is 10.6. The van der Waals surface area contributed by atoms with E-state index >= 15 is 0 Å². The van der Waals surface area contributed by atoms with Gasteiger partial charge in [-0.15, -0.1) is 0 Å². The second-order valence-corrected chi connectivity index (χ2v) is 22.2. The summed E-state index contributed by atoms with van der Waals surface area (Å²) in [6, 6.07) is -2.40. The van der Waals surface area contributed by atoms with E-state index in [4.69, 9.17) is 28.4 Å². The molecule has 3 aliphatic rings. The summed E-state index contributed by atoms with van der Waals surface area (Å²) in [5.41, 5.74) is 0. The maximum absolute atomic E-state index is 13.3. The average molecular weight is 1120 g/mol. The van der Waals surface area contributed by atoms with E-state index in [2.05, 4.69) is 24.5 Å². The van der Waals surface area contributed by atoms with Crippen LogP contribution in [0.5, 0.6) is 0 Å². The van der Waals surface area contributed by atoms with Crippen LogP contribution in [0.4, 0.5) is 0 Å². The van der Waals surface area contributed by atoms with Gasteiger partial charge < -0.3 is 90.1 Å². The molecule has 3 rings (SSSR count). The first-order chi connectivity index (χ1) is 37.7. The molecule has 0 aliphatic carbocycles. The SMILES string of the molecule is CCCCCCCCCCCCCC=C[C@@H](O)[C@H](CO[C@@H]1O[C@H](CO)[C@@H](O[C@@H]2O[C@H](CO)[C@H](O[C@@H]3O[C@H](CO)[C@H](O)[C@H](O)[C@H]3NC(C)=O)[C@H](O)[C@H]2O)[C@H](O)C1O)NC(=O)CCCCCCCCCCCCCCCCCCC. The number of rotatable bonds is 44. The van der Waals surface area contributed by atoms with Gasteiger partial charge in [0.25, 0.3) is 0 Å². The number of aliphatic hydroxyl groups is 10. The summed E-state index contributed by atoms with van der Waals surface area (Å²) in [7, 11) is 0. The predicted octanol–water partition coefficient (Wildman–Crippen LogP) is 4.74. The van der Waals surface area contributed by atoms with Gasteiger partial charge in [-0.2, -0.15) is 0 Å². The van der Waals surface area contributed by atoms with Crippen molar-refractivity contribution >= 4 is 11.8 Å². The van der Waals surface area contributed by atoms with Crippen molar-refractivity contribution in [1.29, 1.82) is 0 Å². The van der Waals surface area contributed by atoms with Crippen LogP contribution in [0.15, 0.2) is 12.2 Å². The Kier molecular flexibility index (Phi) is 37.8. The molecule has 2 amide bonds. The molecule has 0 bridgehead atoms. The van der Waals surface area contributed by atoms with Crippen LogP contribution in [-0.2, 0) is 38.0 Å². The van der Waals surface area contributed by atoms with E-state index in [1.165, 1.54) is 135 Å². The number of ether oxygens (including phenoxy) is 6. The van der Waals surface area contributed by atoms with Crippen LogP contribution in [0.25, 0.3) is 0 Å². The van der Waals surface area contributed by atoms with Crippen molar-refractivity contribution in [3.05, 3.63) is 12.2 Å². The molecule has 20 heteroatoms. The van der Waals surface area contributed by atoms with Crippen molar-refractivity contribution in [2.75, 3.05) is 26.4 Å². The minimum atomic E-state index is -1.99. The van der Waals surface area contributed by atoms with Gasteiger partial charge in [-0.3, -0.25) is 9.59 Å². The number of carbonyl (C=O) groups excluding carboxylic acids is 2. The van der Waals surface area contributed by atoms with Crippen molar-refractivity contribution in [2.24, 2.45) is 0 Å². The largest absolute Gasteiger partial charge is 0.394 e. The van der Waals surface area contributed by atoms with Gasteiger partial charge in [0.15, 0.2) is 18.9 Å². The molecule has 3 heterocycles. The zero-order valence-electron chi connectivity index (χ0n) is 47.7. The smallest absolute Gasteiger partial charge is 0.220 e. The molecule has 0 saturated carbocycles. The van der Waals surface area contributed by atoms with Crippen molar-refractivity contribution in [2.45, 2.75) is 318 Å². The highest BCUT2D eigenvalue weighted by molar-refractivity contribution is 5.76. The van der Waals surface area contributed by atoms with Crippen LogP contribution in [0.3, 0.4) is 0 Å². The summed E-state index contributed by atoms with van der Waals surface area (Å²) in [6.07, 6.45) is 13.9. The summed E-state index contributed by atoms with van der Waals surface area (Å²) in [6.45, 7) is 2.83. The number of aliphatic hydroxyl groups excluding tert-OH is 10. The maximum Gasteiger partial charge on any atom is 0.220 e. The van der Waals surface area contributed by atoms with Gasteiger partial charge >= 0.3 is 0 Å². The first-order valence-corrected chi connectivity index (χ1v) is 30.4. The number of hydrogen-bond donors (Lipinski definition) is 12. The Balaban J connectivity index is 1.54. The molecule has 20 nitrogen and oxygen atoms in total. The first-order valence-electron chi connectivity index (χ1n) is 30.4. The number of unbranched alkanes of at least 4 members (excludes halogenated alkanes) is 27. The van der Waals surface area contributed by atoms with Crippen molar-refractivity contribution in [3.8, 4) is 0 Å². The average Bonchev–Trinajstić information content (AvgIpc) is 3.43. The van der Waals surface area contributed by atoms with Gasteiger partial charge in [-0.05, 0) is 19.3 Å². The summed E-state index contributed by atoms with van der Waals surface area (Å²) in [4.78, 5) is 25.3. The standard InChI is InChI=1S/C58H108N2O18/c1-4-6-8-10-12-14-16-18-19-20-21-23-25-27-29-31-33-35-46(66)60-41(42(65)34-32-30-28-26-24-22-17-15-13-11-9-7-5-2)39-73-57-52(71)50(69)55(44(37-62)75-57)78-58-53(72)51(70)54(45(38-63)76-58)77-56-47(59-40(3)64)49(68)48(67)43(36-61)74-56/h32,34,41-45,47-58,61-63,65,67-72H,4-31,33,35-39H2,1-3H3,(H,59,64)(H,60,66)/t41-,42+,43+,44+,45+,47+,48-,49+,50+,51+,52?,53+,54-,55+,56-,57+,58-/m0/s1. The molecule has 1 unspecified atom stereocenters. The van der Waals surface area contributed by atoms with E-state index in [0.717, 1.165) is 51.9 Å². The molecule has 3 aliphatic heterocycles. The number of carbonyl (C=O) groups is 2. The van der Waals surface area contributed by atoms with E-state index in [9.17, 15) is 60.7 Å². The summed E-state index contributed by atoms with van der Waals surface area (Å²) < 4.78 is 34.8. The fraction of sp³-hybridized carbons (Fsp3) is 0.931. The fourth-order valence-electron chi connectivity index (χ4n) is 10.6. The zero-order chi connectivity index (χ0) is 57.1. The quantitative estimate of drug-likeness (QED) is 0.0290. The highest BCUT2D eigenvalue weighted by Crippen LogP contribution is 2.33. The third kappa shape index (κ3) is 26.1. The molecular formula is C58H108N2O18. The Morgan fingerprint density at radius 2 is 0.897 bits per heavy atom. The number of hydrogen-bond acceptors (Lipinski definition) is 18. The monoisotopic (exact) mass is 1120 g/mol. The van der Waals surface area contributed by atoms with Crippen LogP contribution < -0.4 is 10.6 Å². The molecule has 0 radical (unpaired) electrons. The van der Waals surface area contributed by atoms with Crippen LogP contribution in [-0.4, -0.2) is 194 Å². The number of nitrogens with one attached hydrogen (secondary N) is 2. The third-order valence-electron chi connectivity index (χ3n) is 15.5. The Bertz CT molecular complexity index is 1550. The second-order valence-electron chi connectivity index (χ2n) is 22.2. The van der Waals surface area contributed by atoms with Crippen LogP contribution in [0.1, 0.15) is 213 Å². The minimum Gasteiger partial charge on any atom is -0.394 e. The molecule has 0 aromatic heterocycles. The molecule has 78 heavy (non-hydrogen) atoms. The van der Waals surface area contributed by atoms with Crippen molar-refractivity contribution in [1.82, 2.24) is 10.6 Å². The van der Waals surface area contributed by atoms with E-state index in [1.807, 2.05) is 6.08 Å². The molecule has 3 fully saturated rings. The Labute approximate surface area is 466 Å². The van der Waals surface area contributed by atoms with Gasteiger partial charge in [0.1, 0.15) is 73.2 Å². The normalized spacial score (nSPS) is 30.4. The molecule has 17 atom stereocenters. The first kappa shape index (κ1) is 70.3. The third-order valence-corrected chi connectivity index (χ3v) is 15.5. The summed E-state index contributed by atoms with van der Waals surface area (Å²) in [5.74, 6) is -0.923. The van der Waals surface area contributed by atoms with E-state index in [-0.39, 0.29) is 18.9 Å². The molecular weight excluding hydrogens is 1010 g/mol. The van der Waals surface area contributed by atoms with Gasteiger partial charge in [0.05, 0.1) is 38.6 Å². The minimum absolute atomic E-state index is 0.244. The number of allylic oxidation sites excluding steroid dienone is 1. The van der Waals surface area contributed by atoms with E-state index in [1.54, 1.807) is 6.08 Å².